The summed E-state index contributed by atoms with van der Waals surface area (Å²) in [6, 6.07) is 17.4. The Morgan fingerprint density at radius 2 is 1.97 bits per heavy atom. The van der Waals surface area contributed by atoms with Gasteiger partial charge in [-0.25, -0.2) is 4.98 Å². The van der Waals surface area contributed by atoms with Crippen LogP contribution in [0.15, 0.2) is 70.3 Å². The van der Waals surface area contributed by atoms with Crippen molar-refractivity contribution in [3.63, 3.8) is 0 Å². The van der Waals surface area contributed by atoms with Gasteiger partial charge in [0.1, 0.15) is 12.1 Å². The van der Waals surface area contributed by atoms with Crippen molar-refractivity contribution in [2.24, 2.45) is 0 Å². The fraction of sp³-hybridized carbons (Fsp3) is 0.182. The number of nitrogens with zero attached hydrogens (tertiary/aromatic N) is 3. The molecule has 30 heavy (non-hydrogen) atoms. The summed E-state index contributed by atoms with van der Waals surface area (Å²) in [6.07, 6.45) is 1.52. The van der Waals surface area contributed by atoms with Gasteiger partial charge in [-0.1, -0.05) is 35.0 Å². The molecular formula is C22H22N4O3S. The van der Waals surface area contributed by atoms with Crippen molar-refractivity contribution in [3.8, 4) is 0 Å². The Hall–Kier alpha value is -3.07. The predicted molar refractivity (Wildman–Crippen MR) is 120 cm³/mol. The second-order valence-electron chi connectivity index (χ2n) is 7.46. The highest BCUT2D eigenvalue weighted by molar-refractivity contribution is 8.24. The second-order valence-corrected chi connectivity index (χ2v) is 9.64. The van der Waals surface area contributed by atoms with Gasteiger partial charge in [0.2, 0.25) is 0 Å². The number of hydrogen-bond donors (Lipinski definition) is 3. The summed E-state index contributed by atoms with van der Waals surface area (Å²) in [5, 5.41) is 8.27. The fourth-order valence-corrected chi connectivity index (χ4v) is 5.33. The van der Waals surface area contributed by atoms with Crippen molar-refractivity contribution in [1.29, 1.82) is 0 Å². The Balaban J connectivity index is 1.60. The molecule has 154 valence electrons. The third-order valence-corrected chi connectivity index (χ3v) is 7.16. The van der Waals surface area contributed by atoms with Gasteiger partial charge in [0.05, 0.1) is 21.9 Å². The van der Waals surface area contributed by atoms with Crippen LogP contribution in [0.3, 0.4) is 0 Å². The number of aryl methyl sites for hydroxylation is 1. The van der Waals surface area contributed by atoms with E-state index in [0.29, 0.717) is 23.8 Å². The number of nitrogens with one attached hydrogen (secondary N) is 1. The van der Waals surface area contributed by atoms with Gasteiger partial charge in [-0.3, -0.25) is 9.11 Å². The molecular weight excluding hydrogens is 400 g/mol. The van der Waals surface area contributed by atoms with E-state index in [1.165, 1.54) is 6.26 Å². The van der Waals surface area contributed by atoms with E-state index in [0.717, 1.165) is 33.5 Å². The van der Waals surface area contributed by atoms with Gasteiger partial charge in [-0.05, 0) is 30.7 Å². The first-order valence-corrected chi connectivity index (χ1v) is 11.4. The number of hydrogen-bond acceptors (Lipinski definition) is 7. The van der Waals surface area contributed by atoms with Crippen molar-refractivity contribution in [2.75, 3.05) is 22.5 Å². The molecule has 0 aliphatic carbocycles. The van der Waals surface area contributed by atoms with Crippen LogP contribution in [0, 0.1) is 6.92 Å². The molecule has 7 nitrogen and oxygen atoms in total. The molecule has 0 saturated heterocycles. The number of aromatic nitrogens is 2. The Morgan fingerprint density at radius 3 is 2.80 bits per heavy atom. The van der Waals surface area contributed by atoms with Crippen molar-refractivity contribution in [1.82, 2.24) is 10.1 Å². The third-order valence-electron chi connectivity index (χ3n) is 5.31. The lowest BCUT2D eigenvalue weighted by Crippen LogP contribution is -2.26. The molecule has 0 radical (unpaired) electrons. The van der Waals surface area contributed by atoms with Gasteiger partial charge in [-0.15, -0.1) is 0 Å². The van der Waals surface area contributed by atoms with E-state index in [1.54, 1.807) is 6.07 Å². The van der Waals surface area contributed by atoms with Crippen LogP contribution in [0.4, 0.5) is 17.3 Å². The standard InChI is InChI=1S/C22H22N4O3S/c1-15-6-7-18-17(12-15)19(23-21-8-10-29-25-21)13-22(24-18)26-9-11-30(27,28)20-5-3-2-4-16(20)14-26/h2-8,10,12-13,27-28H,9,11,14H2,1H3,(H,23,24,25). The quantitative estimate of drug-likeness (QED) is 0.407. The molecule has 0 amide bonds. The van der Waals surface area contributed by atoms with Crippen LogP contribution in [-0.2, 0) is 6.54 Å². The zero-order valence-electron chi connectivity index (χ0n) is 16.4. The number of fused-ring (bicyclic) bond motifs is 2. The Kier molecular flexibility index (Phi) is 4.62. The van der Waals surface area contributed by atoms with Gasteiger partial charge in [0.15, 0.2) is 5.82 Å². The van der Waals surface area contributed by atoms with Crippen LogP contribution >= 0.6 is 10.6 Å². The highest BCUT2D eigenvalue weighted by atomic mass is 32.3. The lowest BCUT2D eigenvalue weighted by atomic mass is 10.1. The molecule has 5 rings (SSSR count). The molecule has 3 heterocycles. The van der Waals surface area contributed by atoms with E-state index in [4.69, 9.17) is 9.51 Å². The first-order chi connectivity index (χ1) is 14.5. The predicted octanol–water partition coefficient (Wildman–Crippen LogP) is 5.40. The van der Waals surface area contributed by atoms with Crippen molar-refractivity contribution >= 4 is 38.8 Å². The summed E-state index contributed by atoms with van der Waals surface area (Å²) in [5.41, 5.74) is 3.77. The minimum Gasteiger partial charge on any atom is -0.363 e. The van der Waals surface area contributed by atoms with Crippen LogP contribution in [0.1, 0.15) is 11.1 Å². The lowest BCUT2D eigenvalue weighted by Gasteiger charge is -2.32. The molecule has 1 aliphatic heterocycles. The highest BCUT2D eigenvalue weighted by Crippen LogP contribution is 2.51. The maximum absolute atomic E-state index is 10.7. The summed E-state index contributed by atoms with van der Waals surface area (Å²) in [5.74, 6) is 1.65. The van der Waals surface area contributed by atoms with E-state index in [-0.39, 0.29) is 5.75 Å². The topological polar surface area (TPSA) is 94.7 Å². The zero-order valence-corrected chi connectivity index (χ0v) is 17.3. The number of anilines is 3. The number of pyridine rings is 1. The molecule has 0 bridgehead atoms. The molecule has 4 aromatic rings. The highest BCUT2D eigenvalue weighted by Gasteiger charge is 2.26. The van der Waals surface area contributed by atoms with E-state index < -0.39 is 10.6 Å². The molecule has 0 spiro atoms. The smallest absolute Gasteiger partial charge is 0.173 e. The monoisotopic (exact) mass is 422 g/mol. The van der Waals surface area contributed by atoms with Gasteiger partial charge in [0.25, 0.3) is 0 Å². The largest absolute Gasteiger partial charge is 0.363 e. The second kappa shape index (κ2) is 7.32. The lowest BCUT2D eigenvalue weighted by molar-refractivity contribution is 0.423. The average Bonchev–Trinajstić information content (AvgIpc) is 3.20. The van der Waals surface area contributed by atoms with Crippen LogP contribution in [-0.4, -0.2) is 31.5 Å². The molecule has 3 N–H and O–H groups in total. The summed E-state index contributed by atoms with van der Waals surface area (Å²) >= 11 is 0. The van der Waals surface area contributed by atoms with Gasteiger partial charge in [0, 0.05) is 30.6 Å². The molecule has 0 atom stereocenters. The van der Waals surface area contributed by atoms with E-state index >= 15 is 0 Å². The molecule has 1 aliphatic rings. The molecule has 0 saturated carbocycles. The SMILES string of the molecule is Cc1ccc2nc(N3CCS(O)(O)c4ccccc4C3)cc(Nc3ccon3)c2c1. The zero-order chi connectivity index (χ0) is 20.7. The van der Waals surface area contributed by atoms with Crippen LogP contribution in [0.5, 0.6) is 0 Å². The Morgan fingerprint density at radius 1 is 1.10 bits per heavy atom. The molecule has 2 aromatic heterocycles. The van der Waals surface area contributed by atoms with E-state index in [2.05, 4.69) is 21.4 Å². The van der Waals surface area contributed by atoms with Crippen LogP contribution in [0.2, 0.25) is 0 Å². The molecule has 0 unspecified atom stereocenters. The molecule has 0 fully saturated rings. The maximum Gasteiger partial charge on any atom is 0.173 e. The summed E-state index contributed by atoms with van der Waals surface area (Å²) in [7, 11) is -2.83. The van der Waals surface area contributed by atoms with Gasteiger partial charge < -0.3 is 14.7 Å². The van der Waals surface area contributed by atoms with Crippen molar-refractivity contribution in [2.45, 2.75) is 18.4 Å². The number of rotatable bonds is 3. The van der Waals surface area contributed by atoms with E-state index in [9.17, 15) is 9.11 Å². The van der Waals surface area contributed by atoms with Crippen molar-refractivity contribution < 1.29 is 13.6 Å². The Labute approximate surface area is 175 Å². The minimum absolute atomic E-state index is 0.268. The minimum atomic E-state index is -2.83. The maximum atomic E-state index is 10.7. The van der Waals surface area contributed by atoms with Crippen LogP contribution < -0.4 is 10.2 Å². The van der Waals surface area contributed by atoms with Gasteiger partial charge in [-0.2, -0.15) is 10.6 Å². The average molecular weight is 423 g/mol. The summed E-state index contributed by atoms with van der Waals surface area (Å²) in [4.78, 5) is 7.60. The number of benzene rings is 2. The molecule has 8 heteroatoms. The first-order valence-electron chi connectivity index (χ1n) is 9.67. The first kappa shape index (κ1) is 18.9. The van der Waals surface area contributed by atoms with Gasteiger partial charge >= 0.3 is 0 Å². The third kappa shape index (κ3) is 3.49. The summed E-state index contributed by atoms with van der Waals surface area (Å²) < 4.78 is 26.3. The normalized spacial score (nSPS) is 16.7. The molecule has 2 aromatic carbocycles. The summed E-state index contributed by atoms with van der Waals surface area (Å²) in [6.45, 7) is 3.09. The Bertz CT molecular complexity index is 1210. The fourth-order valence-electron chi connectivity index (χ4n) is 3.79. The van der Waals surface area contributed by atoms with Crippen LogP contribution in [0.25, 0.3) is 10.9 Å². The van der Waals surface area contributed by atoms with E-state index in [1.807, 2.05) is 49.4 Å². The van der Waals surface area contributed by atoms with Crippen molar-refractivity contribution in [3.05, 3.63) is 72.0 Å².